The lowest BCUT2D eigenvalue weighted by molar-refractivity contribution is -0.144. The highest BCUT2D eigenvalue weighted by Gasteiger charge is 2.37. The molecular weight excluding hydrogens is 372 g/mol. The maximum absolute atomic E-state index is 14.2. The summed E-state index contributed by atoms with van der Waals surface area (Å²) in [5.74, 6) is -2.24. The lowest BCUT2D eigenvalue weighted by Crippen LogP contribution is -2.09. The van der Waals surface area contributed by atoms with Gasteiger partial charge in [-0.3, -0.25) is 0 Å². The second-order valence-corrected chi connectivity index (χ2v) is 8.58. The standard InChI is InChI=1S/C17H18F4N2O2S/c1-26(24,25)13-8-7-11(9-12(13)18)15-14(10-5-3-2-4-6-10)22-16(23-15)17(19,20)21/h7-10H,2-6H2,1H3,(H,22,23). The zero-order valence-corrected chi connectivity index (χ0v) is 14.8. The molecule has 0 unspecified atom stereocenters. The molecule has 1 fully saturated rings. The summed E-state index contributed by atoms with van der Waals surface area (Å²) in [6.45, 7) is 0. The second-order valence-electron chi connectivity index (χ2n) is 6.60. The van der Waals surface area contributed by atoms with Crippen LogP contribution in [0, 0.1) is 5.82 Å². The van der Waals surface area contributed by atoms with E-state index in [1.54, 1.807) is 0 Å². The number of halogens is 4. The SMILES string of the molecule is CS(=O)(=O)c1ccc(-c2nc(C(F)(F)F)[nH]c2C2CCCCC2)cc1F. The minimum Gasteiger partial charge on any atom is -0.337 e. The third-order valence-corrected chi connectivity index (χ3v) is 5.75. The number of aromatic nitrogens is 2. The molecule has 1 heterocycles. The van der Waals surface area contributed by atoms with Gasteiger partial charge < -0.3 is 4.98 Å². The number of rotatable bonds is 3. The van der Waals surface area contributed by atoms with Crippen LogP contribution in [0.15, 0.2) is 23.1 Å². The molecule has 0 saturated heterocycles. The highest BCUT2D eigenvalue weighted by Crippen LogP contribution is 2.39. The van der Waals surface area contributed by atoms with Gasteiger partial charge in [-0.05, 0) is 25.0 Å². The maximum Gasteiger partial charge on any atom is 0.449 e. The maximum atomic E-state index is 14.2. The van der Waals surface area contributed by atoms with Gasteiger partial charge >= 0.3 is 6.18 Å². The molecule has 1 aliphatic rings. The molecule has 0 amide bonds. The summed E-state index contributed by atoms with van der Waals surface area (Å²) in [7, 11) is -3.76. The number of alkyl halides is 3. The number of nitrogens with zero attached hydrogens (tertiary/aromatic N) is 1. The number of imidazole rings is 1. The molecule has 2 aromatic rings. The van der Waals surface area contributed by atoms with Crippen LogP contribution in [-0.4, -0.2) is 24.6 Å². The van der Waals surface area contributed by atoms with Gasteiger partial charge in [-0.2, -0.15) is 13.2 Å². The van der Waals surface area contributed by atoms with E-state index in [-0.39, 0.29) is 17.2 Å². The number of hydrogen-bond donors (Lipinski definition) is 1. The molecular formula is C17H18F4N2O2S. The molecule has 3 rings (SSSR count). The first kappa shape index (κ1) is 18.9. The molecule has 9 heteroatoms. The fraction of sp³-hybridized carbons (Fsp3) is 0.471. The average Bonchev–Trinajstić information content (AvgIpc) is 3.00. The predicted octanol–water partition coefficient (Wildman–Crippen LogP) is 4.69. The zero-order chi connectivity index (χ0) is 19.1. The van der Waals surface area contributed by atoms with Crippen molar-refractivity contribution in [1.29, 1.82) is 0 Å². The summed E-state index contributed by atoms with van der Waals surface area (Å²) in [5.41, 5.74) is 0.494. The molecule has 0 spiro atoms. The summed E-state index contributed by atoms with van der Waals surface area (Å²) < 4.78 is 76.6. The molecule has 0 aliphatic heterocycles. The molecule has 1 aliphatic carbocycles. The van der Waals surface area contributed by atoms with E-state index >= 15 is 0 Å². The lowest BCUT2D eigenvalue weighted by Gasteiger charge is -2.21. The Bertz CT molecular complexity index is 913. The Kier molecular flexibility index (Phi) is 4.85. The van der Waals surface area contributed by atoms with Crippen molar-refractivity contribution in [3.8, 4) is 11.3 Å². The minimum absolute atomic E-state index is 0.0307. The van der Waals surface area contributed by atoms with Crippen LogP contribution in [0.3, 0.4) is 0 Å². The minimum atomic E-state index is -4.65. The molecule has 1 aromatic carbocycles. The van der Waals surface area contributed by atoms with Gasteiger partial charge in [0.05, 0.1) is 5.69 Å². The molecule has 26 heavy (non-hydrogen) atoms. The Balaban J connectivity index is 2.11. The first-order valence-electron chi connectivity index (χ1n) is 8.24. The van der Waals surface area contributed by atoms with Crippen LogP contribution < -0.4 is 0 Å². The van der Waals surface area contributed by atoms with Crippen molar-refractivity contribution in [2.75, 3.05) is 6.26 Å². The monoisotopic (exact) mass is 390 g/mol. The number of aromatic amines is 1. The van der Waals surface area contributed by atoms with E-state index in [1.165, 1.54) is 6.07 Å². The van der Waals surface area contributed by atoms with Crippen molar-refractivity contribution in [2.45, 2.75) is 49.1 Å². The summed E-state index contributed by atoms with van der Waals surface area (Å²) >= 11 is 0. The van der Waals surface area contributed by atoms with Gasteiger partial charge in [-0.1, -0.05) is 25.3 Å². The molecule has 0 atom stereocenters. The predicted molar refractivity (Wildman–Crippen MR) is 87.9 cm³/mol. The smallest absolute Gasteiger partial charge is 0.337 e. The number of hydrogen-bond acceptors (Lipinski definition) is 3. The summed E-state index contributed by atoms with van der Waals surface area (Å²) in [6, 6.07) is 3.29. The third kappa shape index (κ3) is 3.77. The first-order valence-corrected chi connectivity index (χ1v) is 10.1. The van der Waals surface area contributed by atoms with Crippen LogP contribution in [0.4, 0.5) is 17.6 Å². The molecule has 0 radical (unpaired) electrons. The number of benzene rings is 1. The highest BCUT2D eigenvalue weighted by atomic mass is 32.2. The van der Waals surface area contributed by atoms with Gasteiger partial charge in [-0.15, -0.1) is 0 Å². The normalized spacial score (nSPS) is 16.8. The number of sulfone groups is 1. The molecule has 4 nitrogen and oxygen atoms in total. The van der Waals surface area contributed by atoms with Crippen molar-refractivity contribution in [3.63, 3.8) is 0 Å². The van der Waals surface area contributed by atoms with E-state index in [4.69, 9.17) is 0 Å². The van der Waals surface area contributed by atoms with Crippen LogP contribution in [-0.2, 0) is 16.0 Å². The number of H-pyrrole nitrogens is 1. The van der Waals surface area contributed by atoms with E-state index in [9.17, 15) is 26.0 Å². The van der Waals surface area contributed by atoms with Gasteiger partial charge in [0.2, 0.25) is 5.82 Å². The average molecular weight is 390 g/mol. The first-order chi connectivity index (χ1) is 12.1. The van der Waals surface area contributed by atoms with Crippen molar-refractivity contribution in [3.05, 3.63) is 35.5 Å². The second kappa shape index (κ2) is 6.68. The number of nitrogens with one attached hydrogen (secondary N) is 1. The van der Waals surface area contributed by atoms with Crippen LogP contribution >= 0.6 is 0 Å². The van der Waals surface area contributed by atoms with E-state index in [0.29, 0.717) is 5.69 Å². The van der Waals surface area contributed by atoms with Crippen LogP contribution in [0.2, 0.25) is 0 Å². The fourth-order valence-electron chi connectivity index (χ4n) is 3.38. The van der Waals surface area contributed by atoms with Crippen molar-refractivity contribution in [1.82, 2.24) is 9.97 Å². The van der Waals surface area contributed by atoms with Crippen LogP contribution in [0.5, 0.6) is 0 Å². The molecule has 0 bridgehead atoms. The Hall–Kier alpha value is -1.90. The molecule has 1 aromatic heterocycles. The van der Waals surface area contributed by atoms with E-state index in [1.807, 2.05) is 0 Å². The quantitative estimate of drug-likeness (QED) is 0.774. The van der Waals surface area contributed by atoms with E-state index < -0.39 is 32.6 Å². The Labute approximate surface area is 148 Å². The van der Waals surface area contributed by atoms with Gasteiger partial charge in [0.15, 0.2) is 9.84 Å². The van der Waals surface area contributed by atoms with Crippen molar-refractivity contribution < 1.29 is 26.0 Å². The highest BCUT2D eigenvalue weighted by molar-refractivity contribution is 7.90. The van der Waals surface area contributed by atoms with Crippen molar-refractivity contribution >= 4 is 9.84 Å². The largest absolute Gasteiger partial charge is 0.449 e. The molecule has 1 N–H and O–H groups in total. The van der Waals surface area contributed by atoms with Crippen LogP contribution in [0.1, 0.15) is 49.5 Å². The van der Waals surface area contributed by atoms with Gasteiger partial charge in [-0.25, -0.2) is 17.8 Å². The zero-order valence-electron chi connectivity index (χ0n) is 14.0. The summed E-state index contributed by atoms with van der Waals surface area (Å²) in [6.07, 6.45) is 0.538. The Morgan fingerprint density at radius 2 is 1.81 bits per heavy atom. The fourth-order valence-corrected chi connectivity index (χ4v) is 4.10. The Morgan fingerprint density at radius 1 is 1.15 bits per heavy atom. The third-order valence-electron chi connectivity index (χ3n) is 4.62. The lowest BCUT2D eigenvalue weighted by atomic mass is 9.85. The van der Waals surface area contributed by atoms with Crippen molar-refractivity contribution in [2.24, 2.45) is 0 Å². The van der Waals surface area contributed by atoms with Gasteiger partial charge in [0, 0.05) is 23.4 Å². The summed E-state index contributed by atoms with van der Waals surface area (Å²) in [5, 5.41) is 0. The molecule has 1 saturated carbocycles. The van der Waals surface area contributed by atoms with E-state index in [2.05, 4.69) is 9.97 Å². The van der Waals surface area contributed by atoms with Crippen LogP contribution in [0.25, 0.3) is 11.3 Å². The van der Waals surface area contributed by atoms with Gasteiger partial charge in [0.25, 0.3) is 0 Å². The Morgan fingerprint density at radius 3 is 2.35 bits per heavy atom. The van der Waals surface area contributed by atoms with Gasteiger partial charge in [0.1, 0.15) is 10.7 Å². The molecule has 142 valence electrons. The summed E-state index contributed by atoms with van der Waals surface area (Å²) in [4.78, 5) is 5.55. The van der Waals surface area contributed by atoms with E-state index in [0.717, 1.165) is 50.5 Å². The topological polar surface area (TPSA) is 62.8 Å².